The Bertz CT molecular complexity index is 510. The Labute approximate surface area is 169 Å². The zero-order valence-corrected chi connectivity index (χ0v) is 18.1. The van der Waals surface area contributed by atoms with Crippen molar-refractivity contribution < 1.29 is 14.3 Å². The highest BCUT2D eigenvalue weighted by molar-refractivity contribution is 5.79. The zero-order valence-electron chi connectivity index (χ0n) is 18.1. The van der Waals surface area contributed by atoms with E-state index >= 15 is 0 Å². The maximum Gasteiger partial charge on any atom is 0.407 e. The van der Waals surface area contributed by atoms with E-state index in [2.05, 4.69) is 25.8 Å². The molecule has 1 aliphatic rings. The molecule has 0 aromatic carbocycles. The van der Waals surface area contributed by atoms with E-state index in [1.807, 2.05) is 32.6 Å². The summed E-state index contributed by atoms with van der Waals surface area (Å²) in [5, 5.41) is 9.30. The smallest absolute Gasteiger partial charge is 0.407 e. The van der Waals surface area contributed by atoms with E-state index in [0.717, 1.165) is 58.2 Å². The molecule has 1 fully saturated rings. The second-order valence-electron chi connectivity index (χ2n) is 7.82. The Morgan fingerprint density at radius 2 is 1.71 bits per heavy atom. The largest absolute Gasteiger partial charge is 0.444 e. The number of ether oxygens (including phenoxy) is 1. The van der Waals surface area contributed by atoms with Gasteiger partial charge in [-0.3, -0.25) is 14.7 Å². The van der Waals surface area contributed by atoms with E-state index in [-0.39, 0.29) is 5.91 Å². The van der Waals surface area contributed by atoms with Crippen molar-refractivity contribution >= 4 is 18.0 Å². The lowest BCUT2D eigenvalue weighted by Crippen LogP contribution is -2.50. The fraction of sp³-hybridized carbons (Fsp3) is 0.842. The van der Waals surface area contributed by atoms with Crippen LogP contribution in [-0.4, -0.2) is 92.3 Å². The zero-order chi connectivity index (χ0) is 21.0. The van der Waals surface area contributed by atoms with Crippen LogP contribution in [0, 0.1) is 0 Å². The average Bonchev–Trinajstić information content (AvgIpc) is 2.60. The highest BCUT2D eigenvalue weighted by Crippen LogP contribution is 2.06. The molecule has 9 nitrogen and oxygen atoms in total. The molecule has 3 N–H and O–H groups in total. The first-order valence-corrected chi connectivity index (χ1v) is 10.2. The fourth-order valence-corrected chi connectivity index (χ4v) is 2.74. The van der Waals surface area contributed by atoms with Crippen molar-refractivity contribution in [3.63, 3.8) is 0 Å². The van der Waals surface area contributed by atoms with Gasteiger partial charge in [0, 0.05) is 65.8 Å². The molecule has 162 valence electrons. The quantitative estimate of drug-likeness (QED) is 0.315. The summed E-state index contributed by atoms with van der Waals surface area (Å²) in [6.45, 7) is 16.2. The minimum Gasteiger partial charge on any atom is -0.444 e. The van der Waals surface area contributed by atoms with E-state index in [9.17, 15) is 9.59 Å². The summed E-state index contributed by atoms with van der Waals surface area (Å²) < 4.78 is 5.20. The maximum atomic E-state index is 11.6. The van der Waals surface area contributed by atoms with Gasteiger partial charge in [0.15, 0.2) is 5.96 Å². The SMILES string of the molecule is CCNC(=NCCCNC(=O)OC(C)(C)C)NCCN1CCN(C(C)=O)CC1. The van der Waals surface area contributed by atoms with Gasteiger partial charge in [-0.2, -0.15) is 0 Å². The molecule has 1 saturated heterocycles. The minimum atomic E-state index is -0.483. The van der Waals surface area contributed by atoms with Crippen LogP contribution in [0.2, 0.25) is 0 Å². The maximum absolute atomic E-state index is 11.6. The fourth-order valence-electron chi connectivity index (χ4n) is 2.74. The first-order valence-electron chi connectivity index (χ1n) is 10.2. The number of carbonyl (C=O) groups excluding carboxylic acids is 2. The van der Waals surface area contributed by atoms with E-state index in [4.69, 9.17) is 4.74 Å². The van der Waals surface area contributed by atoms with Gasteiger partial charge in [-0.1, -0.05) is 0 Å². The van der Waals surface area contributed by atoms with Crippen molar-refractivity contribution in [2.24, 2.45) is 4.99 Å². The lowest BCUT2D eigenvalue weighted by atomic mass is 10.2. The summed E-state index contributed by atoms with van der Waals surface area (Å²) in [5.74, 6) is 0.933. The lowest BCUT2D eigenvalue weighted by Gasteiger charge is -2.34. The number of hydrogen-bond donors (Lipinski definition) is 3. The van der Waals surface area contributed by atoms with Crippen molar-refractivity contribution in [1.82, 2.24) is 25.8 Å². The summed E-state index contributed by atoms with van der Waals surface area (Å²) >= 11 is 0. The molecule has 0 atom stereocenters. The second kappa shape index (κ2) is 12.4. The van der Waals surface area contributed by atoms with Gasteiger partial charge in [0.05, 0.1) is 0 Å². The number of piperazine rings is 1. The molecule has 9 heteroatoms. The third-order valence-electron chi connectivity index (χ3n) is 4.16. The minimum absolute atomic E-state index is 0.153. The molecule has 0 saturated carbocycles. The Balaban J connectivity index is 2.21. The number of alkyl carbamates (subject to hydrolysis) is 1. The number of nitrogens with zero attached hydrogens (tertiary/aromatic N) is 3. The van der Waals surface area contributed by atoms with Gasteiger partial charge in [-0.15, -0.1) is 0 Å². The van der Waals surface area contributed by atoms with E-state index in [1.165, 1.54) is 0 Å². The van der Waals surface area contributed by atoms with Crippen molar-refractivity contribution in [3.8, 4) is 0 Å². The molecule has 0 radical (unpaired) electrons. The van der Waals surface area contributed by atoms with Crippen LogP contribution >= 0.6 is 0 Å². The predicted octanol–water partition coefficient (Wildman–Crippen LogP) is 0.620. The monoisotopic (exact) mass is 398 g/mol. The number of amides is 2. The topological polar surface area (TPSA) is 98.3 Å². The van der Waals surface area contributed by atoms with Gasteiger partial charge in [0.1, 0.15) is 5.60 Å². The normalized spacial score (nSPS) is 15.9. The van der Waals surface area contributed by atoms with Crippen LogP contribution in [0.4, 0.5) is 4.79 Å². The Morgan fingerprint density at radius 1 is 1.04 bits per heavy atom. The third-order valence-corrected chi connectivity index (χ3v) is 4.16. The highest BCUT2D eigenvalue weighted by atomic mass is 16.6. The molecule has 0 aromatic rings. The van der Waals surface area contributed by atoms with Gasteiger partial charge in [0.2, 0.25) is 5.91 Å². The van der Waals surface area contributed by atoms with Crippen LogP contribution in [0.15, 0.2) is 4.99 Å². The van der Waals surface area contributed by atoms with Crippen molar-refractivity contribution in [3.05, 3.63) is 0 Å². The van der Waals surface area contributed by atoms with Gasteiger partial charge < -0.3 is 25.6 Å². The molecular weight excluding hydrogens is 360 g/mol. The van der Waals surface area contributed by atoms with Crippen LogP contribution in [0.1, 0.15) is 41.0 Å². The van der Waals surface area contributed by atoms with E-state index in [0.29, 0.717) is 13.1 Å². The average molecular weight is 399 g/mol. The van der Waals surface area contributed by atoms with Crippen LogP contribution in [0.5, 0.6) is 0 Å². The van der Waals surface area contributed by atoms with Crippen molar-refractivity contribution in [2.45, 2.75) is 46.6 Å². The molecule has 0 aromatic heterocycles. The van der Waals surface area contributed by atoms with Crippen molar-refractivity contribution in [1.29, 1.82) is 0 Å². The number of guanidine groups is 1. The van der Waals surface area contributed by atoms with Crippen LogP contribution in [0.25, 0.3) is 0 Å². The summed E-state index contributed by atoms with van der Waals surface area (Å²) in [7, 11) is 0. The van der Waals surface area contributed by atoms with Crippen LogP contribution in [-0.2, 0) is 9.53 Å². The summed E-state index contributed by atoms with van der Waals surface area (Å²) in [6, 6.07) is 0. The molecular formula is C19H38N6O3. The third kappa shape index (κ3) is 11.0. The van der Waals surface area contributed by atoms with Gasteiger partial charge in [-0.05, 0) is 34.1 Å². The predicted molar refractivity (Wildman–Crippen MR) is 112 cm³/mol. The molecule has 1 heterocycles. The summed E-state index contributed by atoms with van der Waals surface area (Å²) in [4.78, 5) is 31.7. The molecule has 1 rings (SSSR count). The number of hydrogen-bond acceptors (Lipinski definition) is 5. The van der Waals surface area contributed by atoms with E-state index < -0.39 is 11.7 Å². The Hall–Kier alpha value is -2.03. The summed E-state index contributed by atoms with van der Waals surface area (Å²) in [6.07, 6.45) is 0.342. The first-order chi connectivity index (χ1) is 13.2. The molecule has 0 spiro atoms. The number of nitrogens with one attached hydrogen (secondary N) is 3. The Morgan fingerprint density at radius 3 is 2.29 bits per heavy atom. The molecule has 0 bridgehead atoms. The van der Waals surface area contributed by atoms with E-state index in [1.54, 1.807) is 6.92 Å². The number of carbonyl (C=O) groups is 2. The standard InChI is InChI=1S/C19H38N6O3/c1-6-20-17(21-8-7-9-23-18(27)28-19(3,4)5)22-10-11-24-12-14-25(15-13-24)16(2)26/h6-15H2,1-5H3,(H,23,27)(H2,20,21,22). The molecule has 0 aliphatic carbocycles. The van der Waals surface area contributed by atoms with Gasteiger partial charge in [-0.25, -0.2) is 4.79 Å². The number of rotatable bonds is 8. The molecule has 1 aliphatic heterocycles. The van der Waals surface area contributed by atoms with Crippen LogP contribution < -0.4 is 16.0 Å². The molecule has 28 heavy (non-hydrogen) atoms. The van der Waals surface area contributed by atoms with Crippen molar-refractivity contribution in [2.75, 3.05) is 58.9 Å². The Kier molecular flexibility index (Phi) is 10.7. The second-order valence-corrected chi connectivity index (χ2v) is 7.82. The summed E-state index contributed by atoms with van der Waals surface area (Å²) in [5.41, 5.74) is -0.483. The molecule has 0 unspecified atom stereocenters. The first kappa shape index (κ1) is 24.0. The van der Waals surface area contributed by atoms with Crippen LogP contribution in [0.3, 0.4) is 0 Å². The van der Waals surface area contributed by atoms with Gasteiger partial charge in [0.25, 0.3) is 0 Å². The van der Waals surface area contributed by atoms with Gasteiger partial charge >= 0.3 is 6.09 Å². The molecule has 2 amide bonds. The highest BCUT2D eigenvalue weighted by Gasteiger charge is 2.18. The number of aliphatic imine (C=N–C) groups is 1. The lowest BCUT2D eigenvalue weighted by molar-refractivity contribution is -0.130.